The number of nitrogens with zero attached hydrogens (tertiary/aromatic N) is 2. The van der Waals surface area contributed by atoms with Crippen molar-refractivity contribution < 1.29 is 4.73 Å². The van der Waals surface area contributed by atoms with Crippen LogP contribution in [0.3, 0.4) is 0 Å². The fourth-order valence-corrected chi connectivity index (χ4v) is 2.13. The van der Waals surface area contributed by atoms with E-state index in [1.807, 2.05) is 24.3 Å². The Hall–Kier alpha value is -1.51. The Labute approximate surface area is 75.8 Å². The normalized spacial score (nSPS) is 15.1. The molecule has 1 aliphatic rings. The summed E-state index contributed by atoms with van der Waals surface area (Å²) in [7, 11) is 0. The van der Waals surface area contributed by atoms with Gasteiger partial charge >= 0.3 is 0 Å². The molecule has 1 aromatic carbocycles. The molecule has 0 unspecified atom stereocenters. The van der Waals surface area contributed by atoms with Gasteiger partial charge in [0.05, 0.1) is 13.0 Å². The minimum absolute atomic E-state index is 0.803. The zero-order valence-corrected chi connectivity index (χ0v) is 7.23. The van der Waals surface area contributed by atoms with Crippen molar-refractivity contribution in [1.29, 1.82) is 0 Å². The molecule has 0 N–H and O–H groups in total. The van der Waals surface area contributed by atoms with E-state index in [1.165, 1.54) is 0 Å². The highest BCUT2D eigenvalue weighted by molar-refractivity contribution is 5.72. The van der Waals surface area contributed by atoms with Crippen molar-refractivity contribution in [3.63, 3.8) is 0 Å². The number of imidazole rings is 1. The molecule has 0 atom stereocenters. The van der Waals surface area contributed by atoms with E-state index < -0.39 is 0 Å². The number of aromatic nitrogens is 2. The molecule has 0 bridgehead atoms. The number of para-hydroxylation sites is 2. The average Bonchev–Trinajstić information content (AvgIpc) is 2.72. The lowest BCUT2D eigenvalue weighted by Gasteiger charge is -1.98. The molecular weight excluding hydrogens is 164 g/mol. The number of aryl methyl sites for hydroxylation is 1. The summed E-state index contributed by atoms with van der Waals surface area (Å²) in [5, 5.41) is 11.7. The van der Waals surface area contributed by atoms with Crippen molar-refractivity contribution in [2.24, 2.45) is 0 Å². The first kappa shape index (κ1) is 6.95. The highest BCUT2D eigenvalue weighted by Crippen LogP contribution is 2.20. The van der Waals surface area contributed by atoms with Crippen molar-refractivity contribution in [1.82, 2.24) is 4.57 Å². The molecule has 0 amide bonds. The molecule has 3 rings (SSSR count). The zero-order chi connectivity index (χ0) is 8.84. The molecule has 1 aliphatic heterocycles. The summed E-state index contributed by atoms with van der Waals surface area (Å²) < 4.78 is 3.20. The second kappa shape index (κ2) is 2.25. The first-order chi connectivity index (χ1) is 6.38. The van der Waals surface area contributed by atoms with Crippen LogP contribution in [0.4, 0.5) is 0 Å². The third-order valence-electron chi connectivity index (χ3n) is 2.72. The summed E-state index contributed by atoms with van der Waals surface area (Å²) in [4.78, 5) is 0. The Bertz CT molecular complexity index is 473. The lowest BCUT2D eigenvalue weighted by atomic mass is 10.3. The van der Waals surface area contributed by atoms with Crippen LogP contribution < -0.4 is 4.73 Å². The van der Waals surface area contributed by atoms with E-state index in [2.05, 4.69) is 4.57 Å². The summed E-state index contributed by atoms with van der Waals surface area (Å²) in [5.41, 5.74) is 1.88. The standard InChI is InChI=1S/C10H10N2O/c13-12-9-5-2-1-4-8(9)11-7-3-6-10(11)12/h1-2,4-5H,3,6-7H2. The van der Waals surface area contributed by atoms with Crippen molar-refractivity contribution in [2.45, 2.75) is 19.4 Å². The minimum Gasteiger partial charge on any atom is -0.710 e. The molecule has 0 saturated heterocycles. The van der Waals surface area contributed by atoms with Gasteiger partial charge in [-0.25, -0.2) is 9.30 Å². The van der Waals surface area contributed by atoms with Gasteiger partial charge in [-0.05, 0) is 18.6 Å². The van der Waals surface area contributed by atoms with Crippen molar-refractivity contribution in [2.75, 3.05) is 0 Å². The summed E-state index contributed by atoms with van der Waals surface area (Å²) in [6, 6.07) is 7.78. The van der Waals surface area contributed by atoms with Gasteiger partial charge in [-0.2, -0.15) is 0 Å². The van der Waals surface area contributed by atoms with E-state index in [0.29, 0.717) is 0 Å². The van der Waals surface area contributed by atoms with Gasteiger partial charge in [0.25, 0.3) is 5.82 Å². The number of benzene rings is 1. The second-order valence-electron chi connectivity index (χ2n) is 3.45. The van der Waals surface area contributed by atoms with E-state index in [0.717, 1.165) is 41.0 Å². The summed E-state index contributed by atoms with van der Waals surface area (Å²) in [5.74, 6) is 0.918. The third kappa shape index (κ3) is 0.763. The van der Waals surface area contributed by atoms with Crippen LogP contribution in [0.1, 0.15) is 12.2 Å². The second-order valence-corrected chi connectivity index (χ2v) is 3.45. The number of fused-ring (bicyclic) bond motifs is 3. The highest BCUT2D eigenvalue weighted by atomic mass is 16.5. The lowest BCUT2D eigenvalue weighted by Crippen LogP contribution is -2.29. The van der Waals surface area contributed by atoms with E-state index >= 15 is 0 Å². The van der Waals surface area contributed by atoms with Crippen LogP contribution >= 0.6 is 0 Å². The van der Waals surface area contributed by atoms with Crippen LogP contribution in [0.15, 0.2) is 24.3 Å². The largest absolute Gasteiger partial charge is 0.710 e. The van der Waals surface area contributed by atoms with E-state index in [-0.39, 0.29) is 0 Å². The number of hydrogen-bond acceptors (Lipinski definition) is 1. The Morgan fingerprint density at radius 2 is 2.15 bits per heavy atom. The highest BCUT2D eigenvalue weighted by Gasteiger charge is 2.25. The summed E-state index contributed by atoms with van der Waals surface area (Å²) in [6.45, 7) is 0.991. The topological polar surface area (TPSA) is 31.9 Å². The van der Waals surface area contributed by atoms with Gasteiger partial charge in [0.1, 0.15) is 0 Å². The predicted molar refractivity (Wildman–Crippen MR) is 49.2 cm³/mol. The molecule has 1 aromatic heterocycles. The molecule has 2 heterocycles. The van der Waals surface area contributed by atoms with Crippen LogP contribution in [0, 0.1) is 5.21 Å². The van der Waals surface area contributed by atoms with Crippen LogP contribution in [-0.2, 0) is 13.0 Å². The van der Waals surface area contributed by atoms with Gasteiger partial charge in [-0.15, -0.1) is 0 Å². The van der Waals surface area contributed by atoms with Gasteiger partial charge in [0.15, 0.2) is 11.0 Å². The van der Waals surface area contributed by atoms with Gasteiger partial charge in [-0.1, -0.05) is 12.1 Å². The SMILES string of the molecule is [O-][n+]1c2n(c3ccccc31)CCC2. The van der Waals surface area contributed by atoms with Crippen molar-refractivity contribution in [3.8, 4) is 0 Å². The zero-order valence-electron chi connectivity index (χ0n) is 7.23. The molecule has 13 heavy (non-hydrogen) atoms. The molecule has 3 heteroatoms. The maximum absolute atomic E-state index is 11.7. The van der Waals surface area contributed by atoms with Crippen LogP contribution in [0.5, 0.6) is 0 Å². The number of hydrogen-bond donors (Lipinski definition) is 0. The fourth-order valence-electron chi connectivity index (χ4n) is 2.13. The molecule has 3 nitrogen and oxygen atoms in total. The molecule has 0 radical (unpaired) electrons. The average molecular weight is 174 g/mol. The van der Waals surface area contributed by atoms with Gasteiger partial charge < -0.3 is 5.21 Å². The Morgan fingerprint density at radius 1 is 1.31 bits per heavy atom. The molecule has 0 aliphatic carbocycles. The van der Waals surface area contributed by atoms with Gasteiger partial charge in [0, 0.05) is 0 Å². The Kier molecular flexibility index (Phi) is 1.20. The molecule has 66 valence electrons. The lowest BCUT2D eigenvalue weighted by molar-refractivity contribution is -0.586. The van der Waals surface area contributed by atoms with Gasteiger partial charge in [0.2, 0.25) is 0 Å². The maximum Gasteiger partial charge on any atom is 0.260 e. The van der Waals surface area contributed by atoms with Crippen molar-refractivity contribution in [3.05, 3.63) is 35.3 Å². The van der Waals surface area contributed by atoms with E-state index in [1.54, 1.807) is 0 Å². The third-order valence-corrected chi connectivity index (χ3v) is 2.72. The summed E-state index contributed by atoms with van der Waals surface area (Å²) in [6.07, 6.45) is 2.01. The first-order valence-corrected chi connectivity index (χ1v) is 4.57. The van der Waals surface area contributed by atoms with Crippen LogP contribution in [0.2, 0.25) is 0 Å². The number of rotatable bonds is 0. The molecule has 0 saturated carbocycles. The Balaban J connectivity index is 2.49. The molecule has 2 aromatic rings. The Morgan fingerprint density at radius 3 is 3.08 bits per heavy atom. The predicted octanol–water partition coefficient (Wildman–Crippen LogP) is 1.22. The quantitative estimate of drug-likeness (QED) is 0.436. The first-order valence-electron chi connectivity index (χ1n) is 4.57. The summed E-state index contributed by atoms with van der Waals surface area (Å²) >= 11 is 0. The van der Waals surface area contributed by atoms with E-state index in [4.69, 9.17) is 0 Å². The molecule has 0 fully saturated rings. The molecule has 0 spiro atoms. The van der Waals surface area contributed by atoms with E-state index in [9.17, 15) is 5.21 Å². The fraction of sp³-hybridized carbons (Fsp3) is 0.300. The molecular formula is C10H10N2O. The minimum atomic E-state index is 0.803. The van der Waals surface area contributed by atoms with Crippen LogP contribution in [-0.4, -0.2) is 4.57 Å². The van der Waals surface area contributed by atoms with Crippen molar-refractivity contribution >= 4 is 11.0 Å². The van der Waals surface area contributed by atoms with Crippen LogP contribution in [0.25, 0.3) is 11.0 Å². The smallest absolute Gasteiger partial charge is 0.260 e. The monoisotopic (exact) mass is 174 g/mol. The van der Waals surface area contributed by atoms with Gasteiger partial charge in [-0.3, -0.25) is 0 Å². The maximum atomic E-state index is 11.7.